The second-order valence-electron chi connectivity index (χ2n) is 18.4. The zero-order valence-corrected chi connectivity index (χ0v) is 35.7. The summed E-state index contributed by atoms with van der Waals surface area (Å²) in [5, 5.41) is 19.1. The molecule has 0 N–H and O–H groups in total. The van der Waals surface area contributed by atoms with Crippen molar-refractivity contribution in [2.45, 2.75) is 0 Å². The maximum absolute atomic E-state index is 6.60. The highest BCUT2D eigenvalue weighted by Crippen LogP contribution is 2.50. The van der Waals surface area contributed by atoms with E-state index >= 15 is 0 Å². The molecular weight excluding hydrogens is 819 g/mol. The summed E-state index contributed by atoms with van der Waals surface area (Å²) in [6.07, 6.45) is 0. The van der Waals surface area contributed by atoms with Crippen LogP contribution >= 0.6 is 0 Å². The Morgan fingerprint density at radius 3 is 1.15 bits per heavy atom. The van der Waals surface area contributed by atoms with Crippen molar-refractivity contribution >= 4 is 147 Å². The number of hydrogen-bond donors (Lipinski definition) is 0. The molecule has 0 amide bonds. The molecule has 0 unspecified atom stereocenters. The monoisotopic (exact) mass is 851 g/mol. The van der Waals surface area contributed by atoms with E-state index in [9.17, 15) is 0 Å². The molecule has 0 saturated heterocycles. The smallest absolute Gasteiger partial charge is 0.137 e. The van der Waals surface area contributed by atoms with Crippen molar-refractivity contribution < 1.29 is 8.83 Å². The molecular formula is C62H33N3O2. The Morgan fingerprint density at radius 2 is 0.657 bits per heavy atom. The predicted octanol–water partition coefficient (Wildman–Crippen LogP) is 17.1. The number of benzene rings is 11. The highest BCUT2D eigenvalue weighted by molar-refractivity contribution is 6.32. The molecule has 5 nitrogen and oxygen atoms in total. The summed E-state index contributed by atoms with van der Waals surface area (Å²) in [5.74, 6) is 0. The van der Waals surface area contributed by atoms with Crippen LogP contribution in [0.4, 0.5) is 0 Å². The van der Waals surface area contributed by atoms with E-state index in [4.69, 9.17) is 8.83 Å². The number of para-hydroxylation sites is 5. The molecule has 0 saturated carbocycles. The third-order valence-corrected chi connectivity index (χ3v) is 15.1. The lowest BCUT2D eigenvalue weighted by Gasteiger charge is -2.16. The molecule has 0 bridgehead atoms. The Kier molecular flexibility index (Phi) is 6.15. The molecule has 0 aliphatic heterocycles. The van der Waals surface area contributed by atoms with Crippen molar-refractivity contribution in [2.24, 2.45) is 0 Å². The number of nitrogens with zero attached hydrogens (tertiary/aromatic N) is 3. The van der Waals surface area contributed by atoms with Crippen molar-refractivity contribution in [1.82, 2.24) is 13.5 Å². The van der Waals surface area contributed by atoms with Gasteiger partial charge in [0.2, 0.25) is 0 Å². The minimum Gasteiger partial charge on any atom is -0.456 e. The van der Waals surface area contributed by atoms with Crippen LogP contribution in [0.25, 0.3) is 159 Å². The number of aromatic nitrogens is 3. The standard InChI is InChI=1S/C62H33N3O2/c1-3-16-36-34(14-1)28-52-58(61(36)63-48-24-9-5-18-38(48)44-30-46-40-20-7-11-26-54(40)66-56(46)32-50(44)63)42-22-13-23-43-59-53(65(52)60(42)43)29-35-15-2-4-17-37(35)62(59)64-49-25-10-6-19-39(49)45-31-47-41-21-8-12-27-55(41)67-57(47)33-51(45)64/h1-33H. The van der Waals surface area contributed by atoms with E-state index in [-0.39, 0.29) is 0 Å². The summed E-state index contributed by atoms with van der Waals surface area (Å²) >= 11 is 0. The number of rotatable bonds is 2. The van der Waals surface area contributed by atoms with Gasteiger partial charge >= 0.3 is 0 Å². The molecule has 0 aliphatic carbocycles. The van der Waals surface area contributed by atoms with Gasteiger partial charge in [0.05, 0.1) is 50.0 Å². The van der Waals surface area contributed by atoms with E-state index in [2.05, 4.69) is 202 Å². The molecule has 0 aliphatic rings. The first kappa shape index (κ1) is 34.4. The van der Waals surface area contributed by atoms with E-state index in [1.54, 1.807) is 0 Å². The summed E-state index contributed by atoms with van der Waals surface area (Å²) in [4.78, 5) is 0. The van der Waals surface area contributed by atoms with Gasteiger partial charge < -0.3 is 22.4 Å². The van der Waals surface area contributed by atoms with Gasteiger partial charge in [-0.1, -0.05) is 140 Å². The molecule has 308 valence electrons. The van der Waals surface area contributed by atoms with Crippen molar-refractivity contribution in [3.8, 4) is 11.4 Å². The fraction of sp³-hybridized carbons (Fsp3) is 0. The maximum atomic E-state index is 6.60. The minimum atomic E-state index is 0.888. The van der Waals surface area contributed by atoms with Crippen LogP contribution in [0.3, 0.4) is 0 Å². The van der Waals surface area contributed by atoms with Gasteiger partial charge in [0.15, 0.2) is 0 Å². The van der Waals surface area contributed by atoms with Crippen LogP contribution in [0.1, 0.15) is 0 Å². The fourth-order valence-electron chi connectivity index (χ4n) is 12.4. The average molecular weight is 852 g/mol. The van der Waals surface area contributed by atoms with Gasteiger partial charge in [-0.05, 0) is 59.3 Å². The highest BCUT2D eigenvalue weighted by atomic mass is 16.3. The molecule has 17 aromatic rings. The molecule has 0 atom stereocenters. The SMILES string of the molecule is c1ccc2c(-n3c4ccccc4c4cc5c(cc43)oc3ccccc35)c3c4cccc5c6c(-n7c8ccccc8c8cc9c(cc87)oc7ccccc79)c7ccccc7cc6n(c3cc2c1)c45. The number of fused-ring (bicyclic) bond motifs is 20. The lowest BCUT2D eigenvalue weighted by molar-refractivity contribution is 0.669. The molecule has 6 heterocycles. The van der Waals surface area contributed by atoms with Gasteiger partial charge in [-0.25, -0.2) is 0 Å². The second kappa shape index (κ2) is 12.0. The normalized spacial score (nSPS) is 12.8. The third-order valence-electron chi connectivity index (χ3n) is 15.1. The van der Waals surface area contributed by atoms with E-state index in [0.29, 0.717) is 0 Å². The van der Waals surface area contributed by atoms with E-state index in [1.165, 1.54) is 104 Å². The van der Waals surface area contributed by atoms with Gasteiger partial charge in [0, 0.05) is 87.5 Å². The topological polar surface area (TPSA) is 40.5 Å². The Labute approximate surface area is 379 Å². The lowest BCUT2D eigenvalue weighted by atomic mass is 9.99. The molecule has 5 heteroatoms. The Morgan fingerprint density at radius 1 is 0.254 bits per heavy atom. The maximum Gasteiger partial charge on any atom is 0.137 e. The molecule has 0 radical (unpaired) electrons. The molecule has 11 aromatic carbocycles. The van der Waals surface area contributed by atoms with Crippen molar-refractivity contribution in [1.29, 1.82) is 0 Å². The highest BCUT2D eigenvalue weighted by Gasteiger charge is 2.28. The lowest BCUT2D eigenvalue weighted by Crippen LogP contribution is -1.98. The molecule has 6 aromatic heterocycles. The molecule has 17 rings (SSSR count). The zero-order valence-electron chi connectivity index (χ0n) is 35.7. The molecule has 0 spiro atoms. The summed E-state index contributed by atoms with van der Waals surface area (Å²) in [6.45, 7) is 0. The Bertz CT molecular complexity index is 4740. The average Bonchev–Trinajstić information content (AvgIpc) is 4.22. The molecule has 0 fully saturated rings. The van der Waals surface area contributed by atoms with Gasteiger partial charge in [0.25, 0.3) is 0 Å². The second-order valence-corrected chi connectivity index (χ2v) is 18.4. The van der Waals surface area contributed by atoms with E-state index in [0.717, 1.165) is 54.9 Å². The third kappa shape index (κ3) is 4.17. The van der Waals surface area contributed by atoms with Crippen LogP contribution in [-0.4, -0.2) is 13.5 Å². The summed E-state index contributed by atoms with van der Waals surface area (Å²) in [7, 11) is 0. The van der Waals surface area contributed by atoms with Gasteiger partial charge in [0.1, 0.15) is 22.3 Å². The van der Waals surface area contributed by atoms with Gasteiger partial charge in [-0.15, -0.1) is 0 Å². The Hall–Kier alpha value is -9.06. The van der Waals surface area contributed by atoms with E-state index in [1.807, 2.05) is 12.1 Å². The predicted molar refractivity (Wildman–Crippen MR) is 279 cm³/mol. The van der Waals surface area contributed by atoms with Crippen molar-refractivity contribution in [2.75, 3.05) is 0 Å². The van der Waals surface area contributed by atoms with Crippen molar-refractivity contribution in [3.63, 3.8) is 0 Å². The zero-order chi connectivity index (χ0) is 43.2. The quantitative estimate of drug-likeness (QED) is 0.174. The summed E-state index contributed by atoms with van der Waals surface area (Å²) < 4.78 is 20.8. The first-order valence-electron chi connectivity index (χ1n) is 23.0. The number of hydrogen-bond acceptors (Lipinski definition) is 2. The van der Waals surface area contributed by atoms with Gasteiger partial charge in [-0.2, -0.15) is 0 Å². The first-order valence-corrected chi connectivity index (χ1v) is 23.0. The van der Waals surface area contributed by atoms with Crippen LogP contribution in [0, 0.1) is 0 Å². The summed E-state index contributed by atoms with van der Waals surface area (Å²) in [5.41, 5.74) is 14.1. The fourth-order valence-corrected chi connectivity index (χ4v) is 12.4. The van der Waals surface area contributed by atoms with Gasteiger partial charge in [-0.3, -0.25) is 0 Å². The van der Waals surface area contributed by atoms with Crippen LogP contribution in [0.5, 0.6) is 0 Å². The first-order chi connectivity index (χ1) is 33.2. The van der Waals surface area contributed by atoms with Crippen molar-refractivity contribution in [3.05, 3.63) is 200 Å². The van der Waals surface area contributed by atoms with Crippen LogP contribution in [0.2, 0.25) is 0 Å². The Balaban J connectivity index is 1.06. The number of furan rings is 2. The van der Waals surface area contributed by atoms with E-state index < -0.39 is 0 Å². The van der Waals surface area contributed by atoms with Crippen LogP contribution in [0.15, 0.2) is 209 Å². The molecule has 67 heavy (non-hydrogen) atoms. The largest absolute Gasteiger partial charge is 0.456 e. The van der Waals surface area contributed by atoms with Crippen LogP contribution in [-0.2, 0) is 0 Å². The summed E-state index contributed by atoms with van der Waals surface area (Å²) in [6, 6.07) is 73.4. The minimum absolute atomic E-state index is 0.888. The van der Waals surface area contributed by atoms with Crippen LogP contribution < -0.4 is 0 Å².